The highest BCUT2D eigenvalue weighted by Gasteiger charge is 2.20. The predicted molar refractivity (Wildman–Crippen MR) is 89.3 cm³/mol. The first kappa shape index (κ1) is 15.9. The molecule has 120 valence electrons. The minimum atomic E-state index is -1.05. The Morgan fingerprint density at radius 3 is 2.58 bits per heavy atom. The lowest BCUT2D eigenvalue weighted by molar-refractivity contribution is -0.384. The van der Waals surface area contributed by atoms with E-state index in [1.807, 2.05) is 12.1 Å². The molecule has 0 saturated heterocycles. The van der Waals surface area contributed by atoms with Crippen molar-refractivity contribution in [3.63, 3.8) is 0 Å². The fraction of sp³-hybridized carbons (Fsp3) is 0.0588. The highest BCUT2D eigenvalue weighted by atomic mass is 35.5. The summed E-state index contributed by atoms with van der Waals surface area (Å²) >= 11 is 5.32. The van der Waals surface area contributed by atoms with E-state index in [1.54, 1.807) is 35.0 Å². The van der Waals surface area contributed by atoms with Crippen LogP contribution < -0.4 is 0 Å². The lowest BCUT2D eigenvalue weighted by Crippen LogP contribution is -2.06. The first-order chi connectivity index (χ1) is 11.5. The fourth-order valence-electron chi connectivity index (χ4n) is 2.63. The van der Waals surface area contributed by atoms with Gasteiger partial charge in [0.05, 0.1) is 10.5 Å². The van der Waals surface area contributed by atoms with Crippen LogP contribution in [0, 0.1) is 10.1 Å². The first-order valence-electron chi connectivity index (χ1n) is 7.02. The van der Waals surface area contributed by atoms with Crippen LogP contribution in [0.5, 0.6) is 0 Å². The van der Waals surface area contributed by atoms with E-state index in [4.69, 9.17) is 11.6 Å². The Balaban J connectivity index is 2.07. The summed E-state index contributed by atoms with van der Waals surface area (Å²) in [7, 11) is 0. The van der Waals surface area contributed by atoms with Crippen LogP contribution in [0.3, 0.4) is 0 Å². The summed E-state index contributed by atoms with van der Waals surface area (Å²) in [6.45, 7) is 0.325. The topological polar surface area (TPSA) is 82.2 Å². The number of hydrogen-bond donors (Lipinski definition) is 0. The third kappa shape index (κ3) is 2.91. The average Bonchev–Trinajstić information content (AvgIpc) is 2.93. The van der Waals surface area contributed by atoms with E-state index in [1.165, 1.54) is 12.1 Å². The van der Waals surface area contributed by atoms with Crippen LogP contribution in [0.2, 0.25) is 0 Å². The molecule has 0 radical (unpaired) electrons. The summed E-state index contributed by atoms with van der Waals surface area (Å²) in [4.78, 5) is 33.6. The Labute approximate surface area is 141 Å². The van der Waals surface area contributed by atoms with Crippen molar-refractivity contribution in [3.05, 3.63) is 76.0 Å². The second kappa shape index (κ2) is 6.25. The molecule has 2 aromatic carbocycles. The van der Waals surface area contributed by atoms with Gasteiger partial charge in [0.2, 0.25) is 5.78 Å². The normalized spacial score (nSPS) is 10.7. The van der Waals surface area contributed by atoms with Crippen LogP contribution >= 0.6 is 11.6 Å². The number of non-ortho nitro benzene ring substituents is 1. The van der Waals surface area contributed by atoms with Gasteiger partial charge in [-0.1, -0.05) is 30.3 Å². The molecule has 0 aliphatic carbocycles. The highest BCUT2D eigenvalue weighted by Crippen LogP contribution is 2.24. The number of Topliss-reactive ketones (excluding diaryl/α,β-unsaturated/α-hetero) is 1. The van der Waals surface area contributed by atoms with Gasteiger partial charge in [-0.25, -0.2) is 0 Å². The second-order valence-corrected chi connectivity index (χ2v) is 5.56. The number of fused-ring (bicyclic) bond motifs is 1. The first-order valence-corrected chi connectivity index (χ1v) is 7.40. The van der Waals surface area contributed by atoms with Gasteiger partial charge in [0.25, 0.3) is 10.9 Å². The van der Waals surface area contributed by atoms with E-state index in [0.29, 0.717) is 17.5 Å². The molecule has 0 amide bonds. The van der Waals surface area contributed by atoms with Crippen LogP contribution in [0.4, 0.5) is 5.69 Å². The zero-order valence-electron chi connectivity index (χ0n) is 12.3. The standard InChI is InChI=1S/C17H11ClN2O4/c18-17(22)16(21)14-10-19(15-7-2-1-6-13(14)15)9-11-4-3-5-12(8-11)20(23)24/h1-8,10H,9H2. The molecule has 24 heavy (non-hydrogen) atoms. The van der Waals surface area contributed by atoms with Crippen molar-refractivity contribution in [1.82, 2.24) is 4.57 Å². The number of aromatic nitrogens is 1. The number of carbonyl (C=O) groups excluding carboxylic acids is 2. The molecular formula is C17H11ClN2O4. The van der Waals surface area contributed by atoms with Gasteiger partial charge in [0.15, 0.2) is 0 Å². The molecule has 0 aliphatic heterocycles. The van der Waals surface area contributed by atoms with Gasteiger partial charge in [-0.05, 0) is 23.2 Å². The third-order valence-corrected chi connectivity index (χ3v) is 3.86. The zero-order valence-corrected chi connectivity index (χ0v) is 13.1. The second-order valence-electron chi connectivity index (χ2n) is 5.22. The van der Waals surface area contributed by atoms with Crippen LogP contribution in [0.1, 0.15) is 15.9 Å². The Morgan fingerprint density at radius 2 is 1.88 bits per heavy atom. The average molecular weight is 343 g/mol. The number of nitro groups is 1. The minimum Gasteiger partial charge on any atom is -0.342 e. The third-order valence-electron chi connectivity index (χ3n) is 3.69. The van der Waals surface area contributed by atoms with E-state index in [0.717, 1.165) is 5.52 Å². The minimum absolute atomic E-state index is 0.00352. The van der Waals surface area contributed by atoms with Gasteiger partial charge < -0.3 is 4.57 Å². The molecule has 0 N–H and O–H groups in total. The summed E-state index contributed by atoms with van der Waals surface area (Å²) in [6.07, 6.45) is 1.55. The maximum atomic E-state index is 12.0. The van der Waals surface area contributed by atoms with Crippen LogP contribution in [0.25, 0.3) is 10.9 Å². The highest BCUT2D eigenvalue weighted by molar-refractivity contribution is 6.83. The molecule has 3 rings (SSSR count). The lowest BCUT2D eigenvalue weighted by Gasteiger charge is -2.05. The molecule has 0 aliphatic rings. The molecule has 0 atom stereocenters. The fourth-order valence-corrected chi connectivity index (χ4v) is 2.73. The molecule has 7 heteroatoms. The van der Waals surface area contributed by atoms with Crippen molar-refractivity contribution in [3.8, 4) is 0 Å². The van der Waals surface area contributed by atoms with Crippen molar-refractivity contribution >= 4 is 39.2 Å². The van der Waals surface area contributed by atoms with Crippen LogP contribution in [-0.2, 0) is 11.3 Å². The van der Waals surface area contributed by atoms with Gasteiger partial charge in [-0.15, -0.1) is 0 Å². The number of ketones is 1. The monoisotopic (exact) mass is 342 g/mol. The largest absolute Gasteiger partial charge is 0.342 e. The molecule has 0 bridgehead atoms. The smallest absolute Gasteiger partial charge is 0.293 e. The van der Waals surface area contributed by atoms with Crippen LogP contribution in [0.15, 0.2) is 54.7 Å². The number of hydrogen-bond acceptors (Lipinski definition) is 4. The summed E-state index contributed by atoms with van der Waals surface area (Å²) in [5.74, 6) is -0.773. The summed E-state index contributed by atoms with van der Waals surface area (Å²) < 4.78 is 1.77. The van der Waals surface area contributed by atoms with Gasteiger partial charge >= 0.3 is 0 Å². The number of halogens is 1. The van der Waals surface area contributed by atoms with E-state index in [2.05, 4.69) is 0 Å². The molecule has 6 nitrogen and oxygen atoms in total. The summed E-state index contributed by atoms with van der Waals surface area (Å²) in [5, 5.41) is 10.5. The number of rotatable bonds is 5. The van der Waals surface area contributed by atoms with Crippen molar-refractivity contribution in [1.29, 1.82) is 0 Å². The van der Waals surface area contributed by atoms with E-state index >= 15 is 0 Å². The zero-order chi connectivity index (χ0) is 17.3. The number of nitrogens with zero attached hydrogens (tertiary/aromatic N) is 2. The molecule has 0 fully saturated rings. The quantitative estimate of drug-likeness (QED) is 0.233. The maximum absolute atomic E-state index is 12.0. The van der Waals surface area contributed by atoms with Crippen molar-refractivity contribution < 1.29 is 14.5 Å². The molecular weight excluding hydrogens is 332 g/mol. The van der Waals surface area contributed by atoms with Crippen molar-refractivity contribution in [2.24, 2.45) is 0 Å². The molecule has 0 spiro atoms. The van der Waals surface area contributed by atoms with E-state index in [-0.39, 0.29) is 11.3 Å². The SMILES string of the molecule is O=C(Cl)C(=O)c1cn(Cc2cccc([N+](=O)[O-])c2)c2ccccc12. The Morgan fingerprint density at radius 1 is 1.12 bits per heavy atom. The van der Waals surface area contributed by atoms with Gasteiger partial charge in [-0.2, -0.15) is 0 Å². The molecule has 1 heterocycles. The van der Waals surface area contributed by atoms with E-state index < -0.39 is 15.9 Å². The van der Waals surface area contributed by atoms with Crippen molar-refractivity contribution in [2.75, 3.05) is 0 Å². The van der Waals surface area contributed by atoms with E-state index in [9.17, 15) is 19.7 Å². The summed E-state index contributed by atoms with van der Waals surface area (Å²) in [5.41, 5.74) is 1.67. The Bertz CT molecular complexity index is 978. The molecule has 0 unspecified atom stereocenters. The maximum Gasteiger partial charge on any atom is 0.293 e. The van der Waals surface area contributed by atoms with Gasteiger partial charge in [0.1, 0.15) is 0 Å². The molecule has 3 aromatic rings. The molecule has 1 aromatic heterocycles. The number of carbonyl (C=O) groups is 2. The molecule has 0 saturated carbocycles. The lowest BCUT2D eigenvalue weighted by atomic mass is 10.1. The number of nitro benzene ring substituents is 1. The Kier molecular flexibility index (Phi) is 4.14. The van der Waals surface area contributed by atoms with Gasteiger partial charge in [0, 0.05) is 35.8 Å². The van der Waals surface area contributed by atoms with Gasteiger partial charge in [-0.3, -0.25) is 19.7 Å². The van der Waals surface area contributed by atoms with Crippen molar-refractivity contribution in [2.45, 2.75) is 6.54 Å². The number of para-hydroxylation sites is 1. The van der Waals surface area contributed by atoms with Crippen LogP contribution in [-0.4, -0.2) is 20.5 Å². The Hall–Kier alpha value is -2.99. The predicted octanol–water partition coefficient (Wildman–Crippen LogP) is 3.55. The summed E-state index contributed by atoms with van der Waals surface area (Å²) in [6, 6.07) is 13.4. The number of benzene rings is 2.